The lowest BCUT2D eigenvalue weighted by atomic mass is 9.76. The van der Waals surface area contributed by atoms with Crippen LogP contribution in [0.2, 0.25) is 0 Å². The van der Waals surface area contributed by atoms with E-state index in [0.717, 1.165) is 34.4 Å². The highest BCUT2D eigenvalue weighted by Gasteiger charge is 2.45. The summed E-state index contributed by atoms with van der Waals surface area (Å²) in [7, 11) is 0. The number of rotatable bonds is 0. The van der Waals surface area contributed by atoms with Gasteiger partial charge in [-0.15, -0.1) is 0 Å². The molecule has 3 rings (SSSR count). The molecule has 2 aliphatic heterocycles. The van der Waals surface area contributed by atoms with Crippen molar-refractivity contribution in [1.82, 2.24) is 0 Å². The summed E-state index contributed by atoms with van der Waals surface area (Å²) in [6.45, 7) is 7.89. The number of hydrogen-bond donors (Lipinski definition) is 0. The van der Waals surface area contributed by atoms with Crippen molar-refractivity contribution in [2.24, 2.45) is 5.92 Å². The van der Waals surface area contributed by atoms with Crippen LogP contribution < -0.4 is 4.74 Å². The van der Waals surface area contributed by atoms with Crippen molar-refractivity contribution < 1.29 is 9.47 Å². The highest BCUT2D eigenvalue weighted by Crippen LogP contribution is 2.47. The van der Waals surface area contributed by atoms with Gasteiger partial charge in [-0.1, -0.05) is 22.5 Å². The minimum Gasteiger partial charge on any atom is -0.486 e. The Morgan fingerprint density at radius 2 is 2.29 bits per heavy atom. The standard InChI is InChI=1S/C14H15BrO2/c1-9-11-7-10(15)3-4-13(11)17-14(2)5-6-16-8-12(9)14/h3-4,7,12H,1,5-6,8H2,2H3/t12?,14-/m0/s1. The molecule has 0 aromatic heterocycles. The summed E-state index contributed by atoms with van der Waals surface area (Å²) < 4.78 is 12.8. The van der Waals surface area contributed by atoms with Gasteiger partial charge >= 0.3 is 0 Å². The van der Waals surface area contributed by atoms with Gasteiger partial charge in [-0.2, -0.15) is 0 Å². The van der Waals surface area contributed by atoms with Crippen molar-refractivity contribution in [3.05, 3.63) is 34.8 Å². The summed E-state index contributed by atoms with van der Waals surface area (Å²) in [4.78, 5) is 0. The Morgan fingerprint density at radius 1 is 1.47 bits per heavy atom. The third kappa shape index (κ3) is 1.72. The fourth-order valence-corrected chi connectivity index (χ4v) is 3.06. The number of ether oxygens (including phenoxy) is 2. The van der Waals surface area contributed by atoms with Crippen LogP contribution in [-0.4, -0.2) is 18.8 Å². The number of halogens is 1. The van der Waals surface area contributed by atoms with E-state index in [2.05, 4.69) is 35.5 Å². The smallest absolute Gasteiger partial charge is 0.127 e. The molecule has 0 amide bonds. The summed E-state index contributed by atoms with van der Waals surface area (Å²) in [5.41, 5.74) is 2.08. The molecule has 0 bridgehead atoms. The van der Waals surface area contributed by atoms with E-state index in [1.165, 1.54) is 0 Å². The van der Waals surface area contributed by atoms with Crippen LogP contribution in [0.1, 0.15) is 18.9 Å². The minimum absolute atomic E-state index is 0.157. The van der Waals surface area contributed by atoms with Gasteiger partial charge in [-0.25, -0.2) is 0 Å². The Bertz CT molecular complexity index is 483. The van der Waals surface area contributed by atoms with Crippen LogP contribution in [0.15, 0.2) is 29.3 Å². The van der Waals surface area contributed by atoms with Crippen LogP contribution in [0.25, 0.3) is 5.57 Å². The summed E-state index contributed by atoms with van der Waals surface area (Å²) in [6.07, 6.45) is 0.923. The average Bonchev–Trinajstić information content (AvgIpc) is 2.30. The molecule has 2 heterocycles. The van der Waals surface area contributed by atoms with Crippen LogP contribution in [0.3, 0.4) is 0 Å². The van der Waals surface area contributed by atoms with Gasteiger partial charge < -0.3 is 9.47 Å². The topological polar surface area (TPSA) is 18.5 Å². The molecule has 0 aliphatic carbocycles. The van der Waals surface area contributed by atoms with Crippen LogP contribution in [-0.2, 0) is 4.74 Å². The number of benzene rings is 1. The maximum Gasteiger partial charge on any atom is 0.127 e. The maximum atomic E-state index is 6.19. The minimum atomic E-state index is -0.157. The van der Waals surface area contributed by atoms with Gasteiger partial charge in [-0.05, 0) is 30.7 Å². The third-order valence-electron chi connectivity index (χ3n) is 3.82. The first-order valence-corrected chi connectivity index (χ1v) is 6.65. The van der Waals surface area contributed by atoms with Gasteiger partial charge in [-0.3, -0.25) is 0 Å². The fourth-order valence-electron chi connectivity index (χ4n) is 2.70. The molecule has 90 valence electrons. The summed E-state index contributed by atoms with van der Waals surface area (Å²) in [5, 5.41) is 0. The van der Waals surface area contributed by atoms with Gasteiger partial charge in [0.05, 0.1) is 13.2 Å². The molecule has 17 heavy (non-hydrogen) atoms. The fraction of sp³-hybridized carbons (Fsp3) is 0.429. The van der Waals surface area contributed by atoms with E-state index in [4.69, 9.17) is 9.47 Å². The zero-order valence-electron chi connectivity index (χ0n) is 9.83. The zero-order valence-corrected chi connectivity index (χ0v) is 11.4. The molecule has 2 atom stereocenters. The molecule has 1 saturated heterocycles. The number of hydrogen-bond acceptors (Lipinski definition) is 2. The van der Waals surface area contributed by atoms with E-state index in [0.29, 0.717) is 6.61 Å². The van der Waals surface area contributed by atoms with E-state index < -0.39 is 0 Å². The van der Waals surface area contributed by atoms with Crippen molar-refractivity contribution in [2.45, 2.75) is 18.9 Å². The Labute approximate surface area is 110 Å². The predicted molar refractivity (Wildman–Crippen MR) is 71.1 cm³/mol. The normalized spacial score (nSPS) is 31.4. The molecular weight excluding hydrogens is 280 g/mol. The van der Waals surface area contributed by atoms with Gasteiger partial charge in [0, 0.05) is 22.4 Å². The second kappa shape index (κ2) is 3.85. The second-order valence-corrected chi connectivity index (χ2v) is 5.87. The second-order valence-electron chi connectivity index (χ2n) is 4.96. The lowest BCUT2D eigenvalue weighted by Crippen LogP contribution is -2.50. The van der Waals surface area contributed by atoms with E-state index in [-0.39, 0.29) is 11.5 Å². The molecule has 0 spiro atoms. The quantitative estimate of drug-likeness (QED) is 0.727. The molecular formula is C14H15BrO2. The van der Waals surface area contributed by atoms with Crippen molar-refractivity contribution in [1.29, 1.82) is 0 Å². The monoisotopic (exact) mass is 294 g/mol. The molecule has 1 aromatic rings. The SMILES string of the molecule is C=C1c2cc(Br)ccc2O[C@@]2(C)CCOCC12. The molecule has 0 N–H and O–H groups in total. The summed E-state index contributed by atoms with van der Waals surface area (Å²) in [6, 6.07) is 6.10. The third-order valence-corrected chi connectivity index (χ3v) is 4.31. The van der Waals surface area contributed by atoms with Crippen LogP contribution >= 0.6 is 15.9 Å². The van der Waals surface area contributed by atoms with Crippen molar-refractivity contribution in [3.8, 4) is 5.75 Å². The Hall–Kier alpha value is -0.800. The highest BCUT2D eigenvalue weighted by molar-refractivity contribution is 9.10. The molecule has 0 saturated carbocycles. The highest BCUT2D eigenvalue weighted by atomic mass is 79.9. The Morgan fingerprint density at radius 3 is 3.12 bits per heavy atom. The first-order valence-electron chi connectivity index (χ1n) is 5.86. The molecule has 2 aliphatic rings. The molecule has 2 nitrogen and oxygen atoms in total. The zero-order chi connectivity index (χ0) is 12.0. The van der Waals surface area contributed by atoms with Gasteiger partial charge in [0.1, 0.15) is 11.4 Å². The lowest BCUT2D eigenvalue weighted by Gasteiger charge is -2.46. The van der Waals surface area contributed by atoms with Crippen molar-refractivity contribution in [3.63, 3.8) is 0 Å². The lowest BCUT2D eigenvalue weighted by molar-refractivity contribution is -0.0685. The van der Waals surface area contributed by atoms with Crippen LogP contribution in [0, 0.1) is 5.92 Å². The molecule has 1 aromatic carbocycles. The van der Waals surface area contributed by atoms with E-state index in [1.807, 2.05) is 12.1 Å². The van der Waals surface area contributed by atoms with Gasteiger partial charge in [0.2, 0.25) is 0 Å². The molecule has 1 fully saturated rings. The van der Waals surface area contributed by atoms with Crippen molar-refractivity contribution in [2.75, 3.05) is 13.2 Å². The number of fused-ring (bicyclic) bond motifs is 2. The predicted octanol–water partition coefficient (Wildman–Crippen LogP) is 3.65. The van der Waals surface area contributed by atoms with E-state index in [9.17, 15) is 0 Å². The van der Waals surface area contributed by atoms with Gasteiger partial charge in [0.25, 0.3) is 0 Å². The average molecular weight is 295 g/mol. The van der Waals surface area contributed by atoms with E-state index in [1.54, 1.807) is 0 Å². The molecule has 1 unspecified atom stereocenters. The largest absolute Gasteiger partial charge is 0.486 e. The van der Waals surface area contributed by atoms with Gasteiger partial charge in [0.15, 0.2) is 0 Å². The first kappa shape index (κ1) is 11.3. The van der Waals surface area contributed by atoms with Crippen LogP contribution in [0.5, 0.6) is 5.75 Å². The molecule has 0 radical (unpaired) electrons. The van der Waals surface area contributed by atoms with Crippen LogP contribution in [0.4, 0.5) is 0 Å². The molecule has 3 heteroatoms. The maximum absolute atomic E-state index is 6.19. The summed E-state index contributed by atoms with van der Waals surface area (Å²) >= 11 is 3.49. The Kier molecular flexibility index (Phi) is 2.56. The summed E-state index contributed by atoms with van der Waals surface area (Å²) in [5.74, 6) is 1.21. The van der Waals surface area contributed by atoms with E-state index >= 15 is 0 Å². The first-order chi connectivity index (χ1) is 8.10. The van der Waals surface area contributed by atoms with Crippen molar-refractivity contribution >= 4 is 21.5 Å². The Balaban J connectivity index is 2.09.